The Bertz CT molecular complexity index is 840. The summed E-state index contributed by atoms with van der Waals surface area (Å²) < 4.78 is 13.7. The summed E-state index contributed by atoms with van der Waals surface area (Å²) in [7, 11) is 0. The third-order valence-electron chi connectivity index (χ3n) is 3.51. The van der Waals surface area contributed by atoms with Crippen LogP contribution in [0.5, 0.6) is 0 Å². The summed E-state index contributed by atoms with van der Waals surface area (Å²) in [5.41, 5.74) is 1.98. The number of carbonyl (C=O) groups excluding carboxylic acids is 1. The Hall–Kier alpha value is -2.66. The Morgan fingerprint density at radius 1 is 1.23 bits per heavy atom. The average Bonchev–Trinajstić information content (AvgIpc) is 2.93. The van der Waals surface area contributed by atoms with Crippen LogP contribution in [0.4, 0.5) is 10.1 Å². The minimum atomic E-state index is -0.698. The third kappa shape index (κ3) is 2.58. The number of hydrogen-bond acceptors (Lipinski definition) is 2. The van der Waals surface area contributed by atoms with E-state index in [1.807, 2.05) is 0 Å². The van der Waals surface area contributed by atoms with E-state index in [1.54, 1.807) is 43.3 Å². The van der Waals surface area contributed by atoms with E-state index in [0.717, 1.165) is 0 Å². The second kappa shape index (κ2) is 5.61. The van der Waals surface area contributed by atoms with E-state index in [4.69, 9.17) is 0 Å². The molecule has 0 aliphatic rings. The van der Waals surface area contributed by atoms with Crippen molar-refractivity contribution in [3.8, 4) is 0 Å². The van der Waals surface area contributed by atoms with Crippen LogP contribution in [0.1, 0.15) is 29.1 Å². The highest BCUT2D eigenvalue weighted by atomic mass is 19.1. The number of fused-ring (bicyclic) bond motifs is 1. The predicted molar refractivity (Wildman–Crippen MR) is 83.3 cm³/mol. The van der Waals surface area contributed by atoms with Crippen molar-refractivity contribution in [1.29, 1.82) is 0 Å². The maximum Gasteiger partial charge on any atom is 0.272 e. The SMILES string of the molecule is CC(O)c1ccccc1NC(=O)c1cc2c(F)cccc2[nH]1. The molecule has 0 spiro atoms. The van der Waals surface area contributed by atoms with E-state index in [0.29, 0.717) is 22.2 Å². The molecule has 0 radical (unpaired) electrons. The molecule has 1 aromatic heterocycles. The highest BCUT2D eigenvalue weighted by Crippen LogP contribution is 2.24. The van der Waals surface area contributed by atoms with E-state index in [1.165, 1.54) is 12.1 Å². The van der Waals surface area contributed by atoms with Gasteiger partial charge in [0.1, 0.15) is 11.5 Å². The average molecular weight is 298 g/mol. The summed E-state index contributed by atoms with van der Waals surface area (Å²) in [5.74, 6) is -0.763. The third-order valence-corrected chi connectivity index (χ3v) is 3.51. The number of para-hydroxylation sites is 1. The second-order valence-electron chi connectivity index (χ2n) is 5.10. The van der Waals surface area contributed by atoms with Gasteiger partial charge < -0.3 is 15.4 Å². The molecule has 1 atom stereocenters. The highest BCUT2D eigenvalue weighted by molar-refractivity contribution is 6.06. The molecule has 5 heteroatoms. The molecule has 1 amide bonds. The van der Waals surface area contributed by atoms with E-state index in [9.17, 15) is 14.3 Å². The largest absolute Gasteiger partial charge is 0.389 e. The molecule has 3 rings (SSSR count). The number of halogens is 1. The summed E-state index contributed by atoms with van der Waals surface area (Å²) in [5, 5.41) is 12.8. The van der Waals surface area contributed by atoms with Crippen molar-refractivity contribution in [2.24, 2.45) is 0 Å². The first kappa shape index (κ1) is 14.3. The molecule has 0 aliphatic carbocycles. The molecule has 4 nitrogen and oxygen atoms in total. The second-order valence-corrected chi connectivity index (χ2v) is 5.10. The molecular weight excluding hydrogens is 283 g/mol. The van der Waals surface area contributed by atoms with Crippen molar-refractivity contribution in [2.45, 2.75) is 13.0 Å². The summed E-state index contributed by atoms with van der Waals surface area (Å²) in [6, 6.07) is 13.1. The maximum absolute atomic E-state index is 13.7. The van der Waals surface area contributed by atoms with Crippen molar-refractivity contribution < 1.29 is 14.3 Å². The van der Waals surface area contributed by atoms with Gasteiger partial charge in [0.05, 0.1) is 6.10 Å². The van der Waals surface area contributed by atoms with Gasteiger partial charge in [-0.1, -0.05) is 24.3 Å². The quantitative estimate of drug-likeness (QED) is 0.691. The van der Waals surface area contributed by atoms with Crippen molar-refractivity contribution >= 4 is 22.5 Å². The molecule has 0 saturated heterocycles. The van der Waals surface area contributed by atoms with Gasteiger partial charge >= 0.3 is 0 Å². The van der Waals surface area contributed by atoms with Crippen LogP contribution in [0.2, 0.25) is 0 Å². The molecule has 0 aliphatic heterocycles. The van der Waals surface area contributed by atoms with Gasteiger partial charge in [0, 0.05) is 22.2 Å². The highest BCUT2D eigenvalue weighted by Gasteiger charge is 2.14. The van der Waals surface area contributed by atoms with Crippen molar-refractivity contribution in [3.63, 3.8) is 0 Å². The first-order valence-corrected chi connectivity index (χ1v) is 6.92. The molecule has 112 valence electrons. The Morgan fingerprint density at radius 2 is 2.00 bits per heavy atom. The van der Waals surface area contributed by atoms with Gasteiger partial charge in [-0.3, -0.25) is 4.79 Å². The molecule has 1 heterocycles. The number of hydrogen-bond donors (Lipinski definition) is 3. The number of H-pyrrole nitrogens is 1. The maximum atomic E-state index is 13.7. The summed E-state index contributed by atoms with van der Waals surface area (Å²) in [4.78, 5) is 15.2. The topological polar surface area (TPSA) is 65.1 Å². The molecule has 0 bridgehead atoms. The fourth-order valence-electron chi connectivity index (χ4n) is 2.41. The van der Waals surface area contributed by atoms with Crippen LogP contribution in [-0.4, -0.2) is 16.0 Å². The fourth-order valence-corrected chi connectivity index (χ4v) is 2.41. The van der Waals surface area contributed by atoms with Gasteiger partial charge in [-0.05, 0) is 31.2 Å². The van der Waals surface area contributed by atoms with E-state index in [2.05, 4.69) is 10.3 Å². The van der Waals surface area contributed by atoms with Gasteiger partial charge in [-0.25, -0.2) is 4.39 Å². The summed E-state index contributed by atoms with van der Waals surface area (Å²) in [6.45, 7) is 1.63. The number of aliphatic hydroxyl groups is 1. The van der Waals surface area contributed by atoms with E-state index in [-0.39, 0.29) is 17.4 Å². The molecule has 22 heavy (non-hydrogen) atoms. The van der Waals surface area contributed by atoms with Crippen LogP contribution >= 0.6 is 0 Å². The zero-order chi connectivity index (χ0) is 15.7. The number of benzene rings is 2. The molecule has 3 aromatic rings. The summed E-state index contributed by atoms with van der Waals surface area (Å²) in [6.07, 6.45) is -0.698. The van der Waals surface area contributed by atoms with Crippen LogP contribution in [0.3, 0.4) is 0 Å². The number of aromatic nitrogens is 1. The minimum absolute atomic E-state index is 0.264. The lowest BCUT2D eigenvalue weighted by molar-refractivity contribution is 0.102. The minimum Gasteiger partial charge on any atom is -0.389 e. The smallest absolute Gasteiger partial charge is 0.272 e. The van der Waals surface area contributed by atoms with Crippen molar-refractivity contribution in [1.82, 2.24) is 4.98 Å². The van der Waals surface area contributed by atoms with Crippen LogP contribution in [-0.2, 0) is 0 Å². The fraction of sp³-hybridized carbons (Fsp3) is 0.118. The molecule has 1 unspecified atom stereocenters. The molecule has 2 aromatic carbocycles. The monoisotopic (exact) mass is 298 g/mol. The number of carbonyl (C=O) groups is 1. The molecular formula is C17H15FN2O2. The molecule has 3 N–H and O–H groups in total. The van der Waals surface area contributed by atoms with Gasteiger partial charge in [0.15, 0.2) is 0 Å². The Kier molecular flexibility index (Phi) is 3.65. The standard InChI is InChI=1S/C17H15FN2O2/c1-10(21)11-5-2-3-7-14(11)20-17(22)16-9-12-13(18)6-4-8-15(12)19-16/h2-10,19,21H,1H3,(H,20,22). The molecule has 0 fully saturated rings. The van der Waals surface area contributed by atoms with Gasteiger partial charge in [-0.2, -0.15) is 0 Å². The van der Waals surface area contributed by atoms with Crippen molar-refractivity contribution in [3.05, 3.63) is 65.6 Å². The van der Waals surface area contributed by atoms with E-state index < -0.39 is 6.10 Å². The Morgan fingerprint density at radius 3 is 2.73 bits per heavy atom. The number of aromatic amines is 1. The van der Waals surface area contributed by atoms with Gasteiger partial charge in [-0.15, -0.1) is 0 Å². The van der Waals surface area contributed by atoms with E-state index >= 15 is 0 Å². The van der Waals surface area contributed by atoms with Crippen LogP contribution in [0, 0.1) is 5.82 Å². The zero-order valence-electron chi connectivity index (χ0n) is 11.9. The Labute approximate surface area is 126 Å². The Balaban J connectivity index is 1.92. The lowest BCUT2D eigenvalue weighted by atomic mass is 10.1. The number of amides is 1. The van der Waals surface area contributed by atoms with Crippen molar-refractivity contribution in [2.75, 3.05) is 5.32 Å². The lowest BCUT2D eigenvalue weighted by Gasteiger charge is -2.12. The van der Waals surface area contributed by atoms with Crippen LogP contribution in [0.15, 0.2) is 48.5 Å². The van der Waals surface area contributed by atoms with Gasteiger partial charge in [0.25, 0.3) is 5.91 Å². The van der Waals surface area contributed by atoms with Gasteiger partial charge in [0.2, 0.25) is 0 Å². The van der Waals surface area contributed by atoms with Crippen LogP contribution in [0.25, 0.3) is 10.9 Å². The van der Waals surface area contributed by atoms with Crippen LogP contribution < -0.4 is 5.32 Å². The first-order chi connectivity index (χ1) is 10.6. The number of aliphatic hydroxyl groups excluding tert-OH is 1. The number of nitrogens with one attached hydrogen (secondary N) is 2. The molecule has 0 saturated carbocycles. The normalized spacial score (nSPS) is 12.3. The lowest BCUT2D eigenvalue weighted by Crippen LogP contribution is -2.14. The number of rotatable bonds is 3. The first-order valence-electron chi connectivity index (χ1n) is 6.92. The summed E-state index contributed by atoms with van der Waals surface area (Å²) >= 11 is 0. The predicted octanol–water partition coefficient (Wildman–Crippen LogP) is 3.61. The number of anilines is 1. The zero-order valence-corrected chi connectivity index (χ0v) is 11.9.